The molecule has 2 heterocycles. The van der Waals surface area contributed by atoms with Crippen molar-refractivity contribution in [2.75, 3.05) is 25.4 Å². The van der Waals surface area contributed by atoms with E-state index in [0.29, 0.717) is 35.0 Å². The highest BCUT2D eigenvalue weighted by Crippen LogP contribution is 2.26. The Kier molecular flexibility index (Phi) is 7.20. The summed E-state index contributed by atoms with van der Waals surface area (Å²) in [5, 5.41) is 11.9. The summed E-state index contributed by atoms with van der Waals surface area (Å²) in [6.45, 7) is 4.44. The Labute approximate surface area is 163 Å². The Morgan fingerprint density at radius 2 is 2.35 bits per heavy atom. The minimum Gasteiger partial charge on any atom is -0.357 e. The van der Waals surface area contributed by atoms with Gasteiger partial charge in [0.15, 0.2) is 5.96 Å². The normalized spacial score (nSPS) is 17.5. The number of nitrogens with one attached hydrogen (secondary N) is 2. The number of nitrogens with zero attached hydrogens (tertiary/aromatic N) is 3. The molecule has 1 unspecified atom stereocenters. The number of hydrogen-bond donors (Lipinski definition) is 2. The Morgan fingerprint density at radius 1 is 1.42 bits per heavy atom. The van der Waals surface area contributed by atoms with Crippen molar-refractivity contribution in [1.82, 2.24) is 20.8 Å². The zero-order valence-electron chi connectivity index (χ0n) is 14.9. The SMILES string of the molecule is CCNC(=NCC1CCCS1)NCCc1nc(-c2cccc(Cl)c2)no1. The molecule has 0 bridgehead atoms. The number of thioether (sulfide) groups is 1. The molecule has 2 N–H and O–H groups in total. The summed E-state index contributed by atoms with van der Waals surface area (Å²) in [6.07, 6.45) is 3.21. The van der Waals surface area contributed by atoms with Crippen LogP contribution < -0.4 is 10.6 Å². The van der Waals surface area contributed by atoms with E-state index >= 15 is 0 Å². The van der Waals surface area contributed by atoms with Crippen LogP contribution in [0, 0.1) is 0 Å². The molecule has 0 spiro atoms. The van der Waals surface area contributed by atoms with Gasteiger partial charge in [0.2, 0.25) is 11.7 Å². The van der Waals surface area contributed by atoms with Crippen molar-refractivity contribution < 1.29 is 4.52 Å². The molecule has 26 heavy (non-hydrogen) atoms. The van der Waals surface area contributed by atoms with Crippen LogP contribution >= 0.6 is 23.4 Å². The standard InChI is InChI=1S/C18H24ClN5OS/c1-2-20-18(22-12-15-7-4-10-26-15)21-9-8-16-23-17(24-25-16)13-5-3-6-14(19)11-13/h3,5-6,11,15H,2,4,7-10,12H2,1H3,(H2,20,21,22). The van der Waals surface area contributed by atoms with Crippen LogP contribution in [0.25, 0.3) is 11.4 Å². The zero-order chi connectivity index (χ0) is 18.2. The third kappa shape index (κ3) is 5.64. The largest absolute Gasteiger partial charge is 0.357 e. The monoisotopic (exact) mass is 393 g/mol. The van der Waals surface area contributed by atoms with E-state index in [1.165, 1.54) is 18.6 Å². The highest BCUT2D eigenvalue weighted by atomic mass is 35.5. The van der Waals surface area contributed by atoms with Gasteiger partial charge >= 0.3 is 0 Å². The molecule has 1 aromatic heterocycles. The van der Waals surface area contributed by atoms with E-state index in [2.05, 4.69) is 32.7 Å². The maximum Gasteiger partial charge on any atom is 0.228 e. The van der Waals surface area contributed by atoms with Gasteiger partial charge in [0.25, 0.3) is 0 Å². The van der Waals surface area contributed by atoms with E-state index in [1.54, 1.807) is 0 Å². The second-order valence-electron chi connectivity index (χ2n) is 6.05. The van der Waals surface area contributed by atoms with E-state index < -0.39 is 0 Å². The van der Waals surface area contributed by atoms with Gasteiger partial charge < -0.3 is 15.2 Å². The van der Waals surface area contributed by atoms with Gasteiger partial charge in [-0.3, -0.25) is 4.99 Å². The molecule has 1 aliphatic rings. The highest BCUT2D eigenvalue weighted by Gasteiger charge is 2.15. The average Bonchev–Trinajstić information content (AvgIpc) is 3.32. The van der Waals surface area contributed by atoms with Crippen LogP contribution in [0.15, 0.2) is 33.8 Å². The van der Waals surface area contributed by atoms with Crippen molar-refractivity contribution in [1.29, 1.82) is 0 Å². The lowest BCUT2D eigenvalue weighted by molar-refractivity contribution is 0.378. The van der Waals surface area contributed by atoms with Crippen LogP contribution in [-0.4, -0.2) is 46.7 Å². The molecule has 1 aliphatic heterocycles. The number of benzene rings is 1. The number of halogens is 1. The van der Waals surface area contributed by atoms with Gasteiger partial charge in [-0.1, -0.05) is 28.9 Å². The van der Waals surface area contributed by atoms with E-state index in [4.69, 9.17) is 16.1 Å². The first-order valence-corrected chi connectivity index (χ1v) is 10.4. The summed E-state index contributed by atoms with van der Waals surface area (Å²) in [6, 6.07) is 7.43. The van der Waals surface area contributed by atoms with Gasteiger partial charge in [0, 0.05) is 35.3 Å². The molecule has 0 saturated carbocycles. The van der Waals surface area contributed by atoms with Gasteiger partial charge in [-0.15, -0.1) is 0 Å². The van der Waals surface area contributed by atoms with Crippen LogP contribution in [0.2, 0.25) is 5.02 Å². The summed E-state index contributed by atoms with van der Waals surface area (Å²) >= 11 is 8.03. The molecule has 0 aliphatic carbocycles. The smallest absolute Gasteiger partial charge is 0.228 e. The molecule has 0 radical (unpaired) electrons. The predicted octanol–water partition coefficient (Wildman–Crippen LogP) is 3.38. The van der Waals surface area contributed by atoms with Gasteiger partial charge in [0.05, 0.1) is 6.54 Å². The first-order valence-electron chi connectivity index (χ1n) is 8.97. The Bertz CT molecular complexity index is 730. The Morgan fingerprint density at radius 3 is 3.12 bits per heavy atom. The third-order valence-electron chi connectivity index (χ3n) is 4.00. The molecule has 1 fully saturated rings. The third-order valence-corrected chi connectivity index (χ3v) is 5.62. The lowest BCUT2D eigenvalue weighted by atomic mass is 10.2. The lowest BCUT2D eigenvalue weighted by Crippen LogP contribution is -2.38. The molecule has 140 valence electrons. The number of aliphatic imine (C=N–C) groups is 1. The molecule has 6 nitrogen and oxygen atoms in total. The van der Waals surface area contributed by atoms with E-state index in [1.807, 2.05) is 36.0 Å². The molecule has 2 aromatic rings. The van der Waals surface area contributed by atoms with Crippen LogP contribution in [-0.2, 0) is 6.42 Å². The fourth-order valence-electron chi connectivity index (χ4n) is 2.71. The summed E-state index contributed by atoms with van der Waals surface area (Å²) in [7, 11) is 0. The minimum atomic E-state index is 0.557. The van der Waals surface area contributed by atoms with Gasteiger partial charge in [-0.25, -0.2) is 0 Å². The maximum absolute atomic E-state index is 6.01. The Hall–Kier alpha value is -1.73. The fourth-order valence-corrected chi connectivity index (χ4v) is 4.08. The Balaban J connectivity index is 1.50. The van der Waals surface area contributed by atoms with Crippen LogP contribution in [0.3, 0.4) is 0 Å². The minimum absolute atomic E-state index is 0.557. The van der Waals surface area contributed by atoms with Crippen LogP contribution in [0.1, 0.15) is 25.7 Å². The van der Waals surface area contributed by atoms with Crippen molar-refractivity contribution in [2.45, 2.75) is 31.4 Å². The molecular formula is C18H24ClN5OS. The molecule has 1 saturated heterocycles. The van der Waals surface area contributed by atoms with Crippen molar-refractivity contribution >= 4 is 29.3 Å². The van der Waals surface area contributed by atoms with Crippen molar-refractivity contribution in [2.24, 2.45) is 4.99 Å². The second kappa shape index (κ2) is 9.83. The molecule has 1 atom stereocenters. The summed E-state index contributed by atoms with van der Waals surface area (Å²) in [4.78, 5) is 9.11. The highest BCUT2D eigenvalue weighted by molar-refractivity contribution is 8.00. The van der Waals surface area contributed by atoms with E-state index in [-0.39, 0.29) is 0 Å². The van der Waals surface area contributed by atoms with E-state index in [9.17, 15) is 0 Å². The fraction of sp³-hybridized carbons (Fsp3) is 0.500. The van der Waals surface area contributed by atoms with Gasteiger partial charge in [0.1, 0.15) is 0 Å². The molecule has 1 aromatic carbocycles. The number of aromatic nitrogens is 2. The zero-order valence-corrected chi connectivity index (χ0v) is 16.4. The van der Waals surface area contributed by atoms with Gasteiger partial charge in [-0.05, 0) is 37.7 Å². The van der Waals surface area contributed by atoms with Crippen LogP contribution in [0.5, 0.6) is 0 Å². The summed E-state index contributed by atoms with van der Waals surface area (Å²) in [5.74, 6) is 3.25. The van der Waals surface area contributed by atoms with Crippen molar-refractivity contribution in [3.05, 3.63) is 35.2 Å². The summed E-state index contributed by atoms with van der Waals surface area (Å²) in [5.41, 5.74) is 0.851. The quantitative estimate of drug-likeness (QED) is 0.554. The van der Waals surface area contributed by atoms with Crippen LogP contribution in [0.4, 0.5) is 0 Å². The molecule has 0 amide bonds. The number of guanidine groups is 1. The van der Waals surface area contributed by atoms with Crippen molar-refractivity contribution in [3.8, 4) is 11.4 Å². The lowest BCUT2D eigenvalue weighted by Gasteiger charge is -2.11. The predicted molar refractivity (Wildman–Crippen MR) is 108 cm³/mol. The molecule has 3 rings (SSSR count). The maximum atomic E-state index is 6.01. The first-order chi connectivity index (χ1) is 12.7. The topological polar surface area (TPSA) is 75.3 Å². The first kappa shape index (κ1) is 19.0. The number of rotatable bonds is 7. The molecular weight excluding hydrogens is 370 g/mol. The molecule has 8 heteroatoms. The van der Waals surface area contributed by atoms with Gasteiger partial charge in [-0.2, -0.15) is 16.7 Å². The van der Waals surface area contributed by atoms with E-state index in [0.717, 1.165) is 24.6 Å². The number of hydrogen-bond acceptors (Lipinski definition) is 5. The van der Waals surface area contributed by atoms with Crippen molar-refractivity contribution in [3.63, 3.8) is 0 Å². The second-order valence-corrected chi connectivity index (χ2v) is 7.90. The summed E-state index contributed by atoms with van der Waals surface area (Å²) < 4.78 is 5.33. The average molecular weight is 394 g/mol.